The van der Waals surface area contributed by atoms with Gasteiger partial charge in [0.05, 0.1) is 0 Å². The molecule has 106 valence electrons. The van der Waals surface area contributed by atoms with Crippen molar-refractivity contribution in [1.82, 2.24) is 5.32 Å². The van der Waals surface area contributed by atoms with Crippen molar-refractivity contribution in [2.24, 2.45) is 17.3 Å². The Morgan fingerprint density at radius 2 is 2.00 bits per heavy atom. The summed E-state index contributed by atoms with van der Waals surface area (Å²) in [5.74, 6) is 0.986. The van der Waals surface area contributed by atoms with Gasteiger partial charge < -0.3 is 5.32 Å². The number of hydrogen-bond donors (Lipinski definition) is 1. The molecule has 1 heteroatoms. The molecule has 0 amide bonds. The standard InChI is InChI=1S/C18H29N/c1-9-14-13(6)18(7,8)17(19-11-3)16(12(4)5)15(14)10-2/h9,12,16-17,19H,1-2,11H2,3-8H3. The van der Waals surface area contributed by atoms with Crippen LogP contribution in [0.5, 0.6) is 0 Å². The van der Waals surface area contributed by atoms with Crippen molar-refractivity contribution >= 4 is 0 Å². The first-order valence-electron chi connectivity index (χ1n) is 7.30. The van der Waals surface area contributed by atoms with Crippen molar-refractivity contribution in [1.29, 1.82) is 0 Å². The largest absolute Gasteiger partial charge is 0.313 e. The Balaban J connectivity index is 3.53. The Bertz CT molecular complexity index is 431. The summed E-state index contributed by atoms with van der Waals surface area (Å²) in [5, 5.41) is 3.69. The summed E-state index contributed by atoms with van der Waals surface area (Å²) in [6.07, 6.45) is 1.97. The maximum Gasteiger partial charge on any atom is 0.0233 e. The van der Waals surface area contributed by atoms with Crippen molar-refractivity contribution in [3.8, 4) is 0 Å². The Kier molecular flexibility index (Phi) is 5.01. The highest BCUT2D eigenvalue weighted by Crippen LogP contribution is 2.48. The van der Waals surface area contributed by atoms with Gasteiger partial charge in [-0.2, -0.15) is 0 Å². The van der Waals surface area contributed by atoms with E-state index >= 15 is 0 Å². The van der Waals surface area contributed by atoms with Gasteiger partial charge in [0, 0.05) is 22.9 Å². The smallest absolute Gasteiger partial charge is 0.0233 e. The van der Waals surface area contributed by atoms with Gasteiger partial charge in [-0.05, 0) is 25.0 Å². The second kappa shape index (κ2) is 5.94. The van der Waals surface area contributed by atoms with Crippen molar-refractivity contribution in [3.63, 3.8) is 0 Å². The molecule has 0 fully saturated rings. The fraction of sp³-hybridized carbons (Fsp3) is 0.611. The normalized spacial score (nSPS) is 26.6. The summed E-state index contributed by atoms with van der Waals surface area (Å²) in [4.78, 5) is 0. The Labute approximate surface area is 119 Å². The van der Waals surface area contributed by atoms with E-state index in [9.17, 15) is 0 Å². The number of rotatable bonds is 4. The molecule has 0 aromatic carbocycles. The Morgan fingerprint density at radius 3 is 2.37 bits per heavy atom. The zero-order valence-corrected chi connectivity index (χ0v) is 13.4. The minimum Gasteiger partial charge on any atom is -0.313 e. The molecular weight excluding hydrogens is 230 g/mol. The van der Waals surface area contributed by atoms with E-state index in [2.05, 4.69) is 65.7 Å². The van der Waals surface area contributed by atoms with Crippen LogP contribution in [0.4, 0.5) is 0 Å². The van der Waals surface area contributed by atoms with E-state index in [0.717, 1.165) is 6.54 Å². The molecule has 0 spiro atoms. The molecule has 0 saturated heterocycles. The van der Waals surface area contributed by atoms with Crippen molar-refractivity contribution in [2.75, 3.05) is 6.54 Å². The topological polar surface area (TPSA) is 12.0 Å². The number of hydrogen-bond acceptors (Lipinski definition) is 1. The fourth-order valence-corrected chi connectivity index (χ4v) is 3.37. The van der Waals surface area contributed by atoms with Crippen LogP contribution >= 0.6 is 0 Å². The summed E-state index contributed by atoms with van der Waals surface area (Å²) in [5.41, 5.74) is 7.17. The molecule has 0 radical (unpaired) electrons. The van der Waals surface area contributed by atoms with Crippen LogP contribution in [-0.2, 0) is 0 Å². The first-order valence-corrected chi connectivity index (χ1v) is 7.30. The van der Waals surface area contributed by atoms with Gasteiger partial charge in [0.1, 0.15) is 0 Å². The van der Waals surface area contributed by atoms with Gasteiger partial charge in [-0.1, -0.05) is 59.4 Å². The highest BCUT2D eigenvalue weighted by molar-refractivity contribution is 5.49. The summed E-state index contributed by atoms with van der Waals surface area (Å²) in [7, 11) is 0. The highest BCUT2D eigenvalue weighted by atomic mass is 14.9. The van der Waals surface area contributed by atoms with Gasteiger partial charge in [0.25, 0.3) is 0 Å². The lowest BCUT2D eigenvalue weighted by Crippen LogP contribution is -2.52. The Morgan fingerprint density at radius 1 is 1.42 bits per heavy atom. The predicted octanol–water partition coefficient (Wildman–Crippen LogP) is 4.49. The molecule has 2 unspecified atom stereocenters. The number of allylic oxidation sites excluding steroid dienone is 2. The van der Waals surface area contributed by atoms with Crippen molar-refractivity contribution in [3.05, 3.63) is 41.7 Å². The van der Waals surface area contributed by atoms with Gasteiger partial charge in [0.2, 0.25) is 0 Å². The zero-order chi connectivity index (χ0) is 14.8. The van der Waals surface area contributed by atoms with E-state index in [1.807, 2.05) is 6.08 Å². The van der Waals surface area contributed by atoms with Gasteiger partial charge in [-0.15, -0.1) is 5.73 Å². The monoisotopic (exact) mass is 259 g/mol. The molecule has 1 rings (SSSR count). The molecule has 19 heavy (non-hydrogen) atoms. The molecule has 1 nitrogen and oxygen atoms in total. The first kappa shape index (κ1) is 16.0. The lowest BCUT2D eigenvalue weighted by atomic mass is 9.60. The van der Waals surface area contributed by atoms with Crippen molar-refractivity contribution < 1.29 is 0 Å². The quantitative estimate of drug-likeness (QED) is 0.733. The van der Waals surface area contributed by atoms with Crippen LogP contribution in [0.2, 0.25) is 0 Å². The van der Waals surface area contributed by atoms with Crippen LogP contribution in [0.25, 0.3) is 0 Å². The molecule has 0 bridgehead atoms. The third-order valence-corrected chi connectivity index (χ3v) is 4.67. The van der Waals surface area contributed by atoms with E-state index < -0.39 is 0 Å². The van der Waals surface area contributed by atoms with Crippen LogP contribution in [0.3, 0.4) is 0 Å². The second-order valence-electron chi connectivity index (χ2n) is 6.36. The third kappa shape index (κ3) is 2.63. The fourth-order valence-electron chi connectivity index (χ4n) is 3.37. The second-order valence-corrected chi connectivity index (χ2v) is 6.36. The first-order chi connectivity index (χ1) is 8.82. The Hall–Kier alpha value is -1.04. The molecule has 1 N–H and O–H groups in total. The summed E-state index contributed by atoms with van der Waals surface area (Å²) in [6, 6.07) is 0.422. The molecule has 1 aliphatic rings. The van der Waals surface area contributed by atoms with Gasteiger partial charge in [-0.3, -0.25) is 0 Å². The number of nitrogens with one attached hydrogen (secondary N) is 1. The average Bonchev–Trinajstić information content (AvgIpc) is 2.34. The van der Waals surface area contributed by atoms with Gasteiger partial charge in [-0.25, -0.2) is 0 Å². The SMILES string of the molecule is C=C=C1C(C=C)=C(C)C(C)(C)C(NCC)C1C(C)C. The zero-order valence-electron chi connectivity index (χ0n) is 13.4. The lowest BCUT2D eigenvalue weighted by molar-refractivity contribution is 0.186. The maximum absolute atomic E-state index is 4.00. The summed E-state index contributed by atoms with van der Waals surface area (Å²) >= 11 is 0. The van der Waals surface area contributed by atoms with Crippen LogP contribution in [0, 0.1) is 17.3 Å². The lowest BCUT2D eigenvalue weighted by Gasteiger charge is -2.48. The molecular formula is C18H29N. The predicted molar refractivity (Wildman–Crippen MR) is 85.1 cm³/mol. The average molecular weight is 259 g/mol. The summed E-state index contributed by atoms with van der Waals surface area (Å²) in [6.45, 7) is 22.5. The molecule has 0 saturated carbocycles. The van der Waals surface area contributed by atoms with E-state index in [1.54, 1.807) is 0 Å². The van der Waals surface area contributed by atoms with Crippen LogP contribution in [0.1, 0.15) is 41.5 Å². The van der Waals surface area contributed by atoms with E-state index in [4.69, 9.17) is 0 Å². The van der Waals surface area contributed by atoms with Crippen LogP contribution in [-0.4, -0.2) is 12.6 Å². The molecule has 0 heterocycles. The van der Waals surface area contributed by atoms with E-state index in [-0.39, 0.29) is 5.41 Å². The summed E-state index contributed by atoms with van der Waals surface area (Å²) < 4.78 is 0. The molecule has 2 atom stereocenters. The van der Waals surface area contributed by atoms with Gasteiger partial charge >= 0.3 is 0 Å². The molecule has 1 aliphatic carbocycles. The molecule has 0 aliphatic heterocycles. The van der Waals surface area contributed by atoms with Crippen molar-refractivity contribution in [2.45, 2.75) is 47.6 Å². The minimum absolute atomic E-state index is 0.120. The van der Waals surface area contributed by atoms with E-state index in [0.29, 0.717) is 17.9 Å². The molecule has 0 aromatic heterocycles. The maximum atomic E-state index is 4.00. The highest BCUT2D eigenvalue weighted by Gasteiger charge is 2.44. The van der Waals surface area contributed by atoms with Gasteiger partial charge in [0.15, 0.2) is 0 Å². The third-order valence-electron chi connectivity index (χ3n) is 4.67. The van der Waals surface area contributed by atoms with E-state index in [1.165, 1.54) is 16.7 Å². The van der Waals surface area contributed by atoms with Crippen LogP contribution in [0.15, 0.2) is 41.7 Å². The van der Waals surface area contributed by atoms with Crippen LogP contribution < -0.4 is 5.32 Å². The molecule has 0 aromatic rings. The minimum atomic E-state index is 0.120.